The summed E-state index contributed by atoms with van der Waals surface area (Å²) in [5.74, 6) is 0.131. The van der Waals surface area contributed by atoms with E-state index in [-0.39, 0.29) is 11.7 Å². The molecular formula is C18H28N2O3S. The van der Waals surface area contributed by atoms with E-state index in [2.05, 4.69) is 5.32 Å². The Morgan fingerprint density at radius 3 is 2.54 bits per heavy atom. The second-order valence-electron chi connectivity index (χ2n) is 6.44. The van der Waals surface area contributed by atoms with Gasteiger partial charge in [-0.05, 0) is 43.7 Å². The zero-order chi connectivity index (χ0) is 17.4. The van der Waals surface area contributed by atoms with E-state index in [0.29, 0.717) is 38.9 Å². The molecule has 1 aliphatic rings. The normalized spacial score (nSPS) is 16.0. The Morgan fingerprint density at radius 2 is 1.83 bits per heavy atom. The summed E-state index contributed by atoms with van der Waals surface area (Å²) in [6.45, 7) is 3.85. The first-order valence-electron chi connectivity index (χ1n) is 8.78. The van der Waals surface area contributed by atoms with Crippen LogP contribution in [0, 0.1) is 6.92 Å². The van der Waals surface area contributed by atoms with Crippen molar-refractivity contribution < 1.29 is 13.2 Å². The number of sulfonamides is 1. The highest BCUT2D eigenvalue weighted by atomic mass is 32.2. The molecule has 1 N–H and O–H groups in total. The molecule has 1 heterocycles. The fourth-order valence-corrected chi connectivity index (χ4v) is 4.57. The van der Waals surface area contributed by atoms with Gasteiger partial charge >= 0.3 is 0 Å². The highest BCUT2D eigenvalue weighted by molar-refractivity contribution is 7.89. The fraction of sp³-hybridized carbons (Fsp3) is 0.611. The third-order valence-corrected chi connectivity index (χ3v) is 6.46. The van der Waals surface area contributed by atoms with Gasteiger partial charge in [0.25, 0.3) is 0 Å². The van der Waals surface area contributed by atoms with E-state index in [0.717, 1.165) is 30.4 Å². The van der Waals surface area contributed by atoms with Crippen molar-refractivity contribution in [3.05, 3.63) is 35.4 Å². The summed E-state index contributed by atoms with van der Waals surface area (Å²) < 4.78 is 26.0. The van der Waals surface area contributed by atoms with Crippen LogP contribution in [0.4, 0.5) is 0 Å². The maximum Gasteiger partial charge on any atom is 0.220 e. The predicted molar refractivity (Wildman–Crippen MR) is 96.1 cm³/mol. The van der Waals surface area contributed by atoms with E-state index in [1.807, 2.05) is 31.2 Å². The van der Waals surface area contributed by atoms with Crippen LogP contribution in [0.5, 0.6) is 0 Å². The molecule has 5 nitrogen and oxygen atoms in total. The summed E-state index contributed by atoms with van der Waals surface area (Å²) in [7, 11) is -3.14. The lowest BCUT2D eigenvalue weighted by Gasteiger charge is -2.25. The van der Waals surface area contributed by atoms with Crippen molar-refractivity contribution in [2.75, 3.05) is 18.8 Å². The molecule has 1 aromatic carbocycles. The second-order valence-corrected chi connectivity index (χ2v) is 8.52. The Morgan fingerprint density at radius 1 is 1.12 bits per heavy atom. The molecule has 0 radical (unpaired) electrons. The Bertz CT molecular complexity index is 637. The molecule has 134 valence electrons. The number of amides is 1. The number of hydrogen-bond donors (Lipinski definition) is 1. The number of hydrogen-bond acceptors (Lipinski definition) is 3. The molecule has 2 rings (SSSR count). The number of unbranched alkanes of at least 4 members (excludes halogenated alkanes) is 1. The molecule has 0 atom stereocenters. The molecule has 1 fully saturated rings. The molecule has 0 aliphatic carbocycles. The van der Waals surface area contributed by atoms with Crippen LogP contribution in [0.25, 0.3) is 0 Å². The van der Waals surface area contributed by atoms with E-state index in [1.54, 1.807) is 4.31 Å². The van der Waals surface area contributed by atoms with Gasteiger partial charge in [-0.2, -0.15) is 0 Å². The van der Waals surface area contributed by atoms with Crippen molar-refractivity contribution >= 4 is 15.9 Å². The van der Waals surface area contributed by atoms with Crippen LogP contribution in [-0.4, -0.2) is 37.5 Å². The van der Waals surface area contributed by atoms with Gasteiger partial charge in [0.1, 0.15) is 0 Å². The maximum absolute atomic E-state index is 12.2. The van der Waals surface area contributed by atoms with Crippen LogP contribution in [0.15, 0.2) is 24.3 Å². The van der Waals surface area contributed by atoms with Crippen molar-refractivity contribution in [2.24, 2.45) is 0 Å². The standard InChI is InChI=1S/C18H28N2O3S/c1-16-9-3-4-10-17(16)15-19-18(21)11-5-8-14-24(22,23)20-12-6-2-7-13-20/h3-4,9-10H,2,5-8,11-15H2,1H3,(H,19,21). The van der Waals surface area contributed by atoms with Gasteiger partial charge in [-0.15, -0.1) is 0 Å². The van der Waals surface area contributed by atoms with Crippen molar-refractivity contribution in [2.45, 2.75) is 52.0 Å². The van der Waals surface area contributed by atoms with Crippen LogP contribution in [0.2, 0.25) is 0 Å². The average molecular weight is 353 g/mol. The molecule has 0 bridgehead atoms. The summed E-state index contributed by atoms with van der Waals surface area (Å²) in [6.07, 6.45) is 4.55. The molecule has 1 aromatic rings. The van der Waals surface area contributed by atoms with Crippen molar-refractivity contribution in [3.8, 4) is 0 Å². The van der Waals surface area contributed by atoms with E-state index in [1.165, 1.54) is 0 Å². The smallest absolute Gasteiger partial charge is 0.220 e. The van der Waals surface area contributed by atoms with Crippen LogP contribution >= 0.6 is 0 Å². The summed E-state index contributed by atoms with van der Waals surface area (Å²) in [5.41, 5.74) is 2.27. The monoisotopic (exact) mass is 352 g/mol. The first-order valence-corrected chi connectivity index (χ1v) is 10.4. The third kappa shape index (κ3) is 5.91. The van der Waals surface area contributed by atoms with E-state index in [9.17, 15) is 13.2 Å². The van der Waals surface area contributed by atoms with Gasteiger partial charge < -0.3 is 5.32 Å². The summed E-state index contributed by atoms with van der Waals surface area (Å²) in [4.78, 5) is 11.9. The van der Waals surface area contributed by atoms with Crippen LogP contribution in [-0.2, 0) is 21.4 Å². The molecule has 6 heteroatoms. The maximum atomic E-state index is 12.2. The SMILES string of the molecule is Cc1ccccc1CNC(=O)CCCCS(=O)(=O)N1CCCCC1. The number of nitrogens with one attached hydrogen (secondary N) is 1. The van der Waals surface area contributed by atoms with Crippen LogP contribution in [0.3, 0.4) is 0 Å². The summed E-state index contributed by atoms with van der Waals surface area (Å²) in [5, 5.41) is 2.90. The first-order chi connectivity index (χ1) is 11.5. The third-order valence-electron chi connectivity index (χ3n) is 4.50. The zero-order valence-electron chi connectivity index (χ0n) is 14.5. The lowest BCUT2D eigenvalue weighted by atomic mass is 10.1. The average Bonchev–Trinajstić information content (AvgIpc) is 2.59. The quantitative estimate of drug-likeness (QED) is 0.731. The highest BCUT2D eigenvalue weighted by Crippen LogP contribution is 2.14. The largest absolute Gasteiger partial charge is 0.352 e. The number of carbonyl (C=O) groups is 1. The Kier molecular flexibility index (Phi) is 7.24. The molecule has 0 unspecified atom stereocenters. The minimum absolute atomic E-state index is 0.0198. The van der Waals surface area contributed by atoms with Gasteiger partial charge in [0.05, 0.1) is 5.75 Å². The summed E-state index contributed by atoms with van der Waals surface area (Å²) >= 11 is 0. The number of carbonyl (C=O) groups excluding carboxylic acids is 1. The minimum Gasteiger partial charge on any atom is -0.352 e. The van der Waals surface area contributed by atoms with Gasteiger partial charge in [0, 0.05) is 26.1 Å². The minimum atomic E-state index is -3.14. The number of rotatable bonds is 8. The topological polar surface area (TPSA) is 66.5 Å². The van der Waals surface area contributed by atoms with Gasteiger partial charge in [-0.3, -0.25) is 4.79 Å². The Hall–Kier alpha value is -1.40. The number of piperidine rings is 1. The van der Waals surface area contributed by atoms with Crippen molar-refractivity contribution in [3.63, 3.8) is 0 Å². The summed E-state index contributed by atoms with van der Waals surface area (Å²) in [6, 6.07) is 7.96. The zero-order valence-corrected chi connectivity index (χ0v) is 15.3. The first kappa shape index (κ1) is 18.9. The van der Waals surface area contributed by atoms with Gasteiger partial charge in [-0.1, -0.05) is 30.7 Å². The molecule has 1 saturated heterocycles. The van der Waals surface area contributed by atoms with Gasteiger partial charge in [0.2, 0.25) is 15.9 Å². The predicted octanol–water partition coefficient (Wildman–Crippen LogP) is 2.60. The van der Waals surface area contributed by atoms with E-state index < -0.39 is 10.0 Å². The van der Waals surface area contributed by atoms with E-state index in [4.69, 9.17) is 0 Å². The Labute approximate surface area is 145 Å². The molecule has 0 spiro atoms. The molecule has 0 saturated carbocycles. The molecule has 1 aliphatic heterocycles. The Balaban J connectivity index is 1.64. The molecule has 24 heavy (non-hydrogen) atoms. The lowest BCUT2D eigenvalue weighted by molar-refractivity contribution is -0.121. The fourth-order valence-electron chi connectivity index (χ4n) is 2.93. The number of benzene rings is 1. The highest BCUT2D eigenvalue weighted by Gasteiger charge is 2.23. The van der Waals surface area contributed by atoms with Gasteiger partial charge in [-0.25, -0.2) is 12.7 Å². The second kappa shape index (κ2) is 9.18. The van der Waals surface area contributed by atoms with Crippen LogP contribution < -0.4 is 5.32 Å². The molecule has 0 aromatic heterocycles. The molecular weight excluding hydrogens is 324 g/mol. The number of aryl methyl sites for hydroxylation is 1. The van der Waals surface area contributed by atoms with Crippen molar-refractivity contribution in [1.29, 1.82) is 0 Å². The van der Waals surface area contributed by atoms with Crippen molar-refractivity contribution in [1.82, 2.24) is 9.62 Å². The molecule has 1 amide bonds. The van der Waals surface area contributed by atoms with Gasteiger partial charge in [0.15, 0.2) is 0 Å². The number of nitrogens with zero attached hydrogens (tertiary/aromatic N) is 1. The lowest BCUT2D eigenvalue weighted by Crippen LogP contribution is -2.37. The van der Waals surface area contributed by atoms with E-state index >= 15 is 0 Å². The van der Waals surface area contributed by atoms with Crippen LogP contribution in [0.1, 0.15) is 49.7 Å².